The van der Waals surface area contributed by atoms with Crippen molar-refractivity contribution in [1.29, 1.82) is 0 Å². The Morgan fingerprint density at radius 2 is 1.55 bits per heavy atom. The standard InChI is InChI=1S/C16H15NO3/c1-12(17-20-16(18)19-2)13-8-10-15(11-9-13)14-6-4-3-5-7-14/h3-11H,1-2H3. The van der Waals surface area contributed by atoms with E-state index < -0.39 is 6.16 Å². The zero-order chi connectivity index (χ0) is 14.4. The highest BCUT2D eigenvalue weighted by Gasteiger charge is 2.03. The van der Waals surface area contributed by atoms with Gasteiger partial charge >= 0.3 is 6.16 Å². The molecular weight excluding hydrogens is 254 g/mol. The van der Waals surface area contributed by atoms with Gasteiger partial charge < -0.3 is 4.74 Å². The van der Waals surface area contributed by atoms with Gasteiger partial charge in [0.15, 0.2) is 0 Å². The van der Waals surface area contributed by atoms with Gasteiger partial charge in [0, 0.05) is 0 Å². The first kappa shape index (κ1) is 13.8. The molecule has 0 radical (unpaired) electrons. The maximum absolute atomic E-state index is 10.8. The molecule has 2 aromatic carbocycles. The molecule has 0 saturated carbocycles. The SMILES string of the molecule is COC(=O)ON=C(C)c1ccc(-c2ccccc2)cc1. The van der Waals surface area contributed by atoms with Crippen LogP contribution in [0, 0.1) is 0 Å². The van der Waals surface area contributed by atoms with Gasteiger partial charge in [-0.3, -0.25) is 4.84 Å². The largest absolute Gasteiger partial charge is 0.534 e. The van der Waals surface area contributed by atoms with E-state index in [4.69, 9.17) is 0 Å². The Bertz CT molecular complexity index is 603. The second-order valence-corrected chi connectivity index (χ2v) is 4.17. The maximum atomic E-state index is 10.8. The Morgan fingerprint density at radius 3 is 2.15 bits per heavy atom. The van der Waals surface area contributed by atoms with Gasteiger partial charge in [-0.25, -0.2) is 4.79 Å². The summed E-state index contributed by atoms with van der Waals surface area (Å²) >= 11 is 0. The lowest BCUT2D eigenvalue weighted by atomic mass is 10.0. The minimum atomic E-state index is -0.828. The van der Waals surface area contributed by atoms with Crippen molar-refractivity contribution in [2.45, 2.75) is 6.92 Å². The second-order valence-electron chi connectivity index (χ2n) is 4.17. The van der Waals surface area contributed by atoms with Crippen LogP contribution in [0.2, 0.25) is 0 Å². The van der Waals surface area contributed by atoms with E-state index in [9.17, 15) is 4.79 Å². The summed E-state index contributed by atoms with van der Waals surface area (Å²) in [5.41, 5.74) is 3.76. The third-order valence-corrected chi connectivity index (χ3v) is 2.83. The second kappa shape index (κ2) is 6.52. The third-order valence-electron chi connectivity index (χ3n) is 2.83. The van der Waals surface area contributed by atoms with Crippen LogP contribution in [0.5, 0.6) is 0 Å². The van der Waals surface area contributed by atoms with Crippen molar-refractivity contribution in [1.82, 2.24) is 0 Å². The number of nitrogens with zero attached hydrogens (tertiary/aromatic N) is 1. The van der Waals surface area contributed by atoms with Crippen molar-refractivity contribution < 1.29 is 14.4 Å². The fourth-order valence-corrected chi connectivity index (χ4v) is 1.73. The lowest BCUT2D eigenvalue weighted by Crippen LogP contribution is -2.02. The Kier molecular flexibility index (Phi) is 4.50. The summed E-state index contributed by atoms with van der Waals surface area (Å²) in [5.74, 6) is 0. The van der Waals surface area contributed by atoms with E-state index in [-0.39, 0.29) is 0 Å². The molecule has 2 rings (SSSR count). The topological polar surface area (TPSA) is 47.9 Å². The van der Waals surface area contributed by atoms with Gasteiger partial charge in [0.25, 0.3) is 0 Å². The fourth-order valence-electron chi connectivity index (χ4n) is 1.73. The predicted octanol–water partition coefficient (Wildman–Crippen LogP) is 3.86. The quantitative estimate of drug-likeness (QED) is 0.368. The molecule has 2 aromatic rings. The summed E-state index contributed by atoms with van der Waals surface area (Å²) < 4.78 is 4.35. The summed E-state index contributed by atoms with van der Waals surface area (Å²) in [6, 6.07) is 18.0. The van der Waals surface area contributed by atoms with Crippen molar-refractivity contribution in [3.05, 3.63) is 60.2 Å². The van der Waals surface area contributed by atoms with Crippen LogP contribution < -0.4 is 0 Å². The van der Waals surface area contributed by atoms with E-state index in [2.05, 4.69) is 26.9 Å². The molecule has 0 amide bonds. The minimum Gasteiger partial charge on any atom is -0.436 e. The summed E-state index contributed by atoms with van der Waals surface area (Å²) in [6.07, 6.45) is -0.828. The van der Waals surface area contributed by atoms with E-state index in [0.29, 0.717) is 5.71 Å². The monoisotopic (exact) mass is 269 g/mol. The number of benzene rings is 2. The molecule has 0 unspecified atom stereocenters. The van der Waals surface area contributed by atoms with Gasteiger partial charge in [-0.1, -0.05) is 59.8 Å². The highest BCUT2D eigenvalue weighted by atomic mass is 16.8. The molecule has 0 bridgehead atoms. The number of hydrogen-bond acceptors (Lipinski definition) is 4. The molecule has 0 aromatic heterocycles. The van der Waals surface area contributed by atoms with Gasteiger partial charge in [-0.2, -0.15) is 0 Å². The number of oxime groups is 1. The fraction of sp³-hybridized carbons (Fsp3) is 0.125. The average molecular weight is 269 g/mol. The van der Waals surface area contributed by atoms with Crippen LogP contribution in [0.1, 0.15) is 12.5 Å². The zero-order valence-corrected chi connectivity index (χ0v) is 11.4. The smallest absolute Gasteiger partial charge is 0.436 e. The van der Waals surface area contributed by atoms with Crippen molar-refractivity contribution in [2.75, 3.05) is 7.11 Å². The van der Waals surface area contributed by atoms with Crippen molar-refractivity contribution >= 4 is 11.9 Å². The van der Waals surface area contributed by atoms with Crippen LogP contribution in [-0.4, -0.2) is 19.0 Å². The predicted molar refractivity (Wildman–Crippen MR) is 77.6 cm³/mol. The van der Waals surface area contributed by atoms with Crippen LogP contribution in [0.15, 0.2) is 59.8 Å². The molecular formula is C16H15NO3. The Morgan fingerprint density at radius 1 is 0.950 bits per heavy atom. The van der Waals surface area contributed by atoms with Crippen LogP contribution in [0.25, 0.3) is 11.1 Å². The van der Waals surface area contributed by atoms with E-state index in [1.54, 1.807) is 6.92 Å². The molecule has 0 atom stereocenters. The number of rotatable bonds is 3. The van der Waals surface area contributed by atoms with Gasteiger partial charge in [-0.15, -0.1) is 0 Å². The summed E-state index contributed by atoms with van der Waals surface area (Å²) in [6.45, 7) is 1.76. The zero-order valence-electron chi connectivity index (χ0n) is 11.4. The van der Waals surface area contributed by atoms with E-state index in [1.165, 1.54) is 7.11 Å². The number of hydrogen-bond donors (Lipinski definition) is 0. The average Bonchev–Trinajstić information content (AvgIpc) is 2.53. The molecule has 0 aliphatic rings. The van der Waals surface area contributed by atoms with Gasteiger partial charge in [0.1, 0.15) is 0 Å². The van der Waals surface area contributed by atoms with Crippen LogP contribution in [0.4, 0.5) is 4.79 Å². The molecule has 0 fully saturated rings. The lowest BCUT2D eigenvalue weighted by Gasteiger charge is -2.04. The number of carbonyl (C=O) groups excluding carboxylic acids is 1. The lowest BCUT2D eigenvalue weighted by molar-refractivity contribution is 0.0753. The van der Waals surface area contributed by atoms with Gasteiger partial charge in [-0.05, 0) is 23.6 Å². The van der Waals surface area contributed by atoms with Crippen molar-refractivity contribution in [2.24, 2.45) is 5.16 Å². The summed E-state index contributed by atoms with van der Waals surface area (Å²) in [7, 11) is 1.24. The van der Waals surface area contributed by atoms with Gasteiger partial charge in [0.05, 0.1) is 12.8 Å². The van der Waals surface area contributed by atoms with E-state index in [0.717, 1.165) is 16.7 Å². The maximum Gasteiger partial charge on any atom is 0.534 e. The number of carbonyl (C=O) groups is 1. The molecule has 0 aliphatic carbocycles. The molecule has 20 heavy (non-hydrogen) atoms. The highest BCUT2D eigenvalue weighted by molar-refractivity contribution is 5.98. The molecule has 0 spiro atoms. The molecule has 0 saturated heterocycles. The van der Waals surface area contributed by atoms with E-state index in [1.807, 2.05) is 42.5 Å². The normalized spacial score (nSPS) is 11.0. The molecule has 0 aliphatic heterocycles. The number of methoxy groups -OCH3 is 1. The van der Waals surface area contributed by atoms with Crippen LogP contribution >= 0.6 is 0 Å². The molecule has 4 nitrogen and oxygen atoms in total. The first-order chi connectivity index (χ1) is 9.70. The van der Waals surface area contributed by atoms with Crippen LogP contribution in [-0.2, 0) is 9.57 Å². The minimum absolute atomic E-state index is 0.606. The molecule has 102 valence electrons. The molecule has 0 heterocycles. The van der Waals surface area contributed by atoms with Gasteiger partial charge in [0.2, 0.25) is 0 Å². The van der Waals surface area contributed by atoms with Crippen molar-refractivity contribution in [3.8, 4) is 11.1 Å². The summed E-state index contributed by atoms with van der Waals surface area (Å²) in [4.78, 5) is 15.4. The Hall–Kier alpha value is -2.62. The highest BCUT2D eigenvalue weighted by Crippen LogP contribution is 2.19. The van der Waals surface area contributed by atoms with E-state index >= 15 is 0 Å². The van der Waals surface area contributed by atoms with Crippen molar-refractivity contribution in [3.63, 3.8) is 0 Å². The molecule has 0 N–H and O–H groups in total. The number of ether oxygens (including phenoxy) is 1. The summed E-state index contributed by atoms with van der Waals surface area (Å²) in [5, 5.41) is 3.71. The van der Waals surface area contributed by atoms with Crippen LogP contribution in [0.3, 0.4) is 0 Å². The Balaban J connectivity index is 2.14. The molecule has 4 heteroatoms. The first-order valence-corrected chi connectivity index (χ1v) is 6.16. The Labute approximate surface area is 117 Å². The third kappa shape index (κ3) is 3.45. The first-order valence-electron chi connectivity index (χ1n) is 6.16.